The van der Waals surface area contributed by atoms with Gasteiger partial charge in [0.1, 0.15) is 0 Å². The molecule has 1 aliphatic carbocycles. The zero-order valence-electron chi connectivity index (χ0n) is 10.4. The number of nitrogens with zero attached hydrogens (tertiary/aromatic N) is 3. The van der Waals surface area contributed by atoms with Gasteiger partial charge in [0, 0.05) is 12.6 Å². The van der Waals surface area contributed by atoms with Crippen LogP contribution in [0.5, 0.6) is 0 Å². The van der Waals surface area contributed by atoms with Gasteiger partial charge >= 0.3 is 6.01 Å². The largest absolute Gasteiger partial charge is 0.406 e. The molecule has 0 aromatic carbocycles. The van der Waals surface area contributed by atoms with Gasteiger partial charge in [-0.25, -0.2) is 0 Å². The van der Waals surface area contributed by atoms with E-state index in [1.807, 2.05) is 18.7 Å². The van der Waals surface area contributed by atoms with Crippen LogP contribution in [0.1, 0.15) is 38.6 Å². The summed E-state index contributed by atoms with van der Waals surface area (Å²) in [6.07, 6.45) is 2.28. The van der Waals surface area contributed by atoms with Crippen LogP contribution in [-0.4, -0.2) is 41.0 Å². The standard InChI is InChI=1S/C11H20N4O2/c1-3-12-8(2)10-13-14-11(17-10)15(6-7-16)9-4-5-9/h8-9,12,16H,3-7H2,1-2H3. The molecule has 0 aliphatic heterocycles. The Kier molecular flexibility index (Phi) is 3.96. The Morgan fingerprint density at radius 1 is 1.53 bits per heavy atom. The quantitative estimate of drug-likeness (QED) is 0.731. The molecule has 0 saturated heterocycles. The molecule has 6 heteroatoms. The fourth-order valence-corrected chi connectivity index (χ4v) is 1.84. The lowest BCUT2D eigenvalue weighted by atomic mass is 10.3. The average Bonchev–Trinajstić information content (AvgIpc) is 3.03. The smallest absolute Gasteiger partial charge is 0.318 e. The van der Waals surface area contributed by atoms with E-state index in [2.05, 4.69) is 15.5 Å². The van der Waals surface area contributed by atoms with E-state index in [1.54, 1.807) is 0 Å². The van der Waals surface area contributed by atoms with Gasteiger partial charge in [-0.3, -0.25) is 0 Å². The molecule has 1 unspecified atom stereocenters. The summed E-state index contributed by atoms with van der Waals surface area (Å²) in [6, 6.07) is 1.06. The highest BCUT2D eigenvalue weighted by Gasteiger charge is 2.32. The zero-order chi connectivity index (χ0) is 12.3. The van der Waals surface area contributed by atoms with Crippen molar-refractivity contribution in [2.45, 2.75) is 38.8 Å². The third-order valence-corrected chi connectivity index (χ3v) is 2.88. The Bertz CT molecular complexity index is 351. The lowest BCUT2D eigenvalue weighted by Gasteiger charge is -2.17. The maximum atomic E-state index is 9.03. The van der Waals surface area contributed by atoms with Gasteiger partial charge in [-0.2, -0.15) is 0 Å². The molecule has 1 aliphatic rings. The summed E-state index contributed by atoms with van der Waals surface area (Å²) in [5, 5.41) is 20.4. The first-order valence-corrected chi connectivity index (χ1v) is 6.20. The Labute approximate surface area is 101 Å². The minimum atomic E-state index is 0.0661. The maximum absolute atomic E-state index is 9.03. The summed E-state index contributed by atoms with van der Waals surface area (Å²) in [4.78, 5) is 2.00. The molecule has 1 fully saturated rings. The average molecular weight is 240 g/mol. The van der Waals surface area contributed by atoms with Gasteiger partial charge in [-0.1, -0.05) is 12.0 Å². The van der Waals surface area contributed by atoms with E-state index >= 15 is 0 Å². The number of hydrogen-bond donors (Lipinski definition) is 2. The SMILES string of the molecule is CCNC(C)c1nnc(N(CCO)C2CC2)o1. The van der Waals surface area contributed by atoms with Crippen molar-refractivity contribution in [1.82, 2.24) is 15.5 Å². The summed E-state index contributed by atoms with van der Waals surface area (Å²) in [5.41, 5.74) is 0. The predicted octanol–water partition coefficient (Wildman–Crippen LogP) is 0.701. The summed E-state index contributed by atoms with van der Waals surface area (Å²) in [7, 11) is 0. The third-order valence-electron chi connectivity index (χ3n) is 2.88. The Balaban J connectivity index is 2.04. The van der Waals surface area contributed by atoms with Crippen molar-refractivity contribution in [2.75, 3.05) is 24.6 Å². The third kappa shape index (κ3) is 2.95. The van der Waals surface area contributed by atoms with Crippen molar-refractivity contribution >= 4 is 6.01 Å². The number of nitrogens with one attached hydrogen (secondary N) is 1. The molecule has 2 N–H and O–H groups in total. The minimum absolute atomic E-state index is 0.0661. The molecule has 2 rings (SSSR count). The van der Waals surface area contributed by atoms with E-state index in [0.29, 0.717) is 24.5 Å². The van der Waals surface area contributed by atoms with Crippen LogP contribution >= 0.6 is 0 Å². The van der Waals surface area contributed by atoms with Crippen LogP contribution in [-0.2, 0) is 0 Å². The van der Waals surface area contributed by atoms with E-state index in [9.17, 15) is 0 Å². The molecule has 1 aromatic heterocycles. The fourth-order valence-electron chi connectivity index (χ4n) is 1.84. The molecule has 0 bridgehead atoms. The molecule has 0 amide bonds. The monoisotopic (exact) mass is 240 g/mol. The molecular formula is C11H20N4O2. The Morgan fingerprint density at radius 3 is 2.88 bits per heavy atom. The van der Waals surface area contributed by atoms with E-state index in [4.69, 9.17) is 9.52 Å². The summed E-state index contributed by atoms with van der Waals surface area (Å²) >= 11 is 0. The highest BCUT2D eigenvalue weighted by atomic mass is 16.4. The van der Waals surface area contributed by atoms with Crippen molar-refractivity contribution in [3.05, 3.63) is 5.89 Å². The van der Waals surface area contributed by atoms with Gasteiger partial charge in [0.15, 0.2) is 0 Å². The molecule has 1 aromatic rings. The van der Waals surface area contributed by atoms with Crippen molar-refractivity contribution < 1.29 is 9.52 Å². The number of rotatable bonds is 7. The second kappa shape index (κ2) is 5.46. The summed E-state index contributed by atoms with van der Waals surface area (Å²) in [6.45, 7) is 5.56. The van der Waals surface area contributed by atoms with Gasteiger partial charge in [-0.15, -0.1) is 5.10 Å². The van der Waals surface area contributed by atoms with Crippen LogP contribution in [0.2, 0.25) is 0 Å². The highest BCUT2D eigenvalue weighted by molar-refractivity contribution is 5.29. The lowest BCUT2D eigenvalue weighted by molar-refractivity contribution is 0.297. The van der Waals surface area contributed by atoms with Crippen LogP contribution in [0.3, 0.4) is 0 Å². The highest BCUT2D eigenvalue weighted by Crippen LogP contribution is 2.31. The second-order valence-corrected chi connectivity index (χ2v) is 4.35. The van der Waals surface area contributed by atoms with E-state index in [-0.39, 0.29) is 12.6 Å². The maximum Gasteiger partial charge on any atom is 0.318 e. The first kappa shape index (κ1) is 12.3. The number of anilines is 1. The van der Waals surface area contributed by atoms with Crippen molar-refractivity contribution in [3.63, 3.8) is 0 Å². The van der Waals surface area contributed by atoms with Crippen LogP contribution in [0.4, 0.5) is 6.01 Å². The first-order valence-electron chi connectivity index (χ1n) is 6.20. The normalized spacial score (nSPS) is 17.1. The molecule has 1 saturated carbocycles. The number of aliphatic hydroxyl groups is 1. The molecule has 6 nitrogen and oxygen atoms in total. The Morgan fingerprint density at radius 2 is 2.29 bits per heavy atom. The predicted molar refractivity (Wildman–Crippen MR) is 63.8 cm³/mol. The van der Waals surface area contributed by atoms with Gasteiger partial charge in [-0.05, 0) is 26.3 Å². The summed E-state index contributed by atoms with van der Waals surface area (Å²) < 4.78 is 5.64. The lowest BCUT2D eigenvalue weighted by Crippen LogP contribution is -2.29. The minimum Gasteiger partial charge on any atom is -0.406 e. The molecule has 96 valence electrons. The molecule has 0 spiro atoms. The second-order valence-electron chi connectivity index (χ2n) is 4.35. The summed E-state index contributed by atoms with van der Waals surface area (Å²) in [5.74, 6) is 0.602. The molecule has 1 atom stereocenters. The molecule has 0 radical (unpaired) electrons. The van der Waals surface area contributed by atoms with Gasteiger partial charge in [0.25, 0.3) is 0 Å². The van der Waals surface area contributed by atoms with E-state index in [0.717, 1.165) is 19.4 Å². The number of hydrogen-bond acceptors (Lipinski definition) is 6. The fraction of sp³-hybridized carbons (Fsp3) is 0.818. The van der Waals surface area contributed by atoms with E-state index < -0.39 is 0 Å². The van der Waals surface area contributed by atoms with Crippen molar-refractivity contribution in [1.29, 1.82) is 0 Å². The number of aliphatic hydroxyl groups excluding tert-OH is 1. The van der Waals surface area contributed by atoms with Crippen molar-refractivity contribution in [2.24, 2.45) is 0 Å². The Hall–Kier alpha value is -1.14. The van der Waals surface area contributed by atoms with Gasteiger partial charge in [0.2, 0.25) is 5.89 Å². The van der Waals surface area contributed by atoms with E-state index in [1.165, 1.54) is 0 Å². The zero-order valence-corrected chi connectivity index (χ0v) is 10.4. The molecule has 1 heterocycles. The topological polar surface area (TPSA) is 74.4 Å². The first-order chi connectivity index (χ1) is 8.26. The van der Waals surface area contributed by atoms with Gasteiger partial charge < -0.3 is 19.7 Å². The van der Waals surface area contributed by atoms with Crippen LogP contribution in [0.15, 0.2) is 4.42 Å². The van der Waals surface area contributed by atoms with Gasteiger partial charge in [0.05, 0.1) is 12.6 Å². The number of aromatic nitrogens is 2. The van der Waals surface area contributed by atoms with Crippen LogP contribution < -0.4 is 10.2 Å². The van der Waals surface area contributed by atoms with Crippen LogP contribution in [0, 0.1) is 0 Å². The van der Waals surface area contributed by atoms with Crippen molar-refractivity contribution in [3.8, 4) is 0 Å². The molecule has 17 heavy (non-hydrogen) atoms. The van der Waals surface area contributed by atoms with Crippen LogP contribution in [0.25, 0.3) is 0 Å². The molecular weight excluding hydrogens is 220 g/mol.